The van der Waals surface area contributed by atoms with Gasteiger partial charge in [0.15, 0.2) is 0 Å². The topological polar surface area (TPSA) is 87.7 Å². The first-order chi connectivity index (χ1) is 15.5. The van der Waals surface area contributed by atoms with Crippen LogP contribution in [0.3, 0.4) is 0 Å². The Hall–Kier alpha value is -4.13. The highest BCUT2D eigenvalue weighted by molar-refractivity contribution is 6.27. The van der Waals surface area contributed by atoms with E-state index in [1.54, 1.807) is 18.2 Å². The minimum absolute atomic E-state index is 0.194. The van der Waals surface area contributed by atoms with Crippen LogP contribution in [0, 0.1) is 0 Å². The first-order valence-corrected chi connectivity index (χ1v) is 10.2. The molecule has 0 spiro atoms. The molecule has 7 heteroatoms. The van der Waals surface area contributed by atoms with Crippen LogP contribution in [0.5, 0.6) is 5.75 Å². The molecule has 0 fully saturated rings. The minimum atomic E-state index is -0.356. The van der Waals surface area contributed by atoms with E-state index < -0.39 is 0 Å². The largest absolute Gasteiger partial charge is 0.495 e. The van der Waals surface area contributed by atoms with Crippen LogP contribution in [-0.4, -0.2) is 42.8 Å². The summed E-state index contributed by atoms with van der Waals surface area (Å²) in [5.41, 5.74) is 2.43. The van der Waals surface area contributed by atoms with Gasteiger partial charge in [-0.3, -0.25) is 19.3 Å². The van der Waals surface area contributed by atoms with Crippen molar-refractivity contribution >= 4 is 34.2 Å². The molecule has 0 atom stereocenters. The molecule has 32 heavy (non-hydrogen) atoms. The van der Waals surface area contributed by atoms with Crippen molar-refractivity contribution in [3.63, 3.8) is 0 Å². The monoisotopic (exact) mass is 429 g/mol. The first-order valence-electron chi connectivity index (χ1n) is 10.2. The fraction of sp³-hybridized carbons (Fsp3) is 0.160. The van der Waals surface area contributed by atoms with Gasteiger partial charge in [-0.2, -0.15) is 0 Å². The summed E-state index contributed by atoms with van der Waals surface area (Å²) >= 11 is 0. The normalized spacial score (nSPS) is 12.6. The quantitative estimate of drug-likeness (QED) is 0.326. The van der Waals surface area contributed by atoms with Crippen LogP contribution in [0.4, 0.5) is 5.69 Å². The van der Waals surface area contributed by atoms with Gasteiger partial charge in [-0.1, -0.05) is 49.0 Å². The van der Waals surface area contributed by atoms with Gasteiger partial charge in [0.05, 0.1) is 24.9 Å². The van der Waals surface area contributed by atoms with E-state index >= 15 is 0 Å². The van der Waals surface area contributed by atoms with Crippen molar-refractivity contribution in [1.29, 1.82) is 0 Å². The van der Waals surface area contributed by atoms with Gasteiger partial charge in [-0.25, -0.2) is 0 Å². The zero-order chi connectivity index (χ0) is 22.7. The molecule has 3 aromatic rings. The first kappa shape index (κ1) is 21.1. The van der Waals surface area contributed by atoms with Crippen LogP contribution >= 0.6 is 0 Å². The summed E-state index contributed by atoms with van der Waals surface area (Å²) in [7, 11) is 1.53. The third-order valence-electron chi connectivity index (χ3n) is 5.39. The molecule has 4 rings (SSSR count). The average molecular weight is 429 g/mol. The van der Waals surface area contributed by atoms with Gasteiger partial charge in [0.25, 0.3) is 11.8 Å². The van der Waals surface area contributed by atoms with Crippen molar-refractivity contribution in [1.82, 2.24) is 10.2 Å². The number of methoxy groups -OCH3 is 1. The molecule has 0 aromatic heterocycles. The van der Waals surface area contributed by atoms with Crippen LogP contribution in [0.25, 0.3) is 10.8 Å². The molecule has 3 aromatic carbocycles. The molecule has 2 N–H and O–H groups in total. The van der Waals surface area contributed by atoms with Crippen molar-refractivity contribution in [3.05, 3.63) is 83.9 Å². The van der Waals surface area contributed by atoms with E-state index in [2.05, 4.69) is 17.2 Å². The van der Waals surface area contributed by atoms with Gasteiger partial charge >= 0.3 is 0 Å². The summed E-state index contributed by atoms with van der Waals surface area (Å²) < 4.78 is 5.57. The number of hydrogen-bond donors (Lipinski definition) is 2. The van der Waals surface area contributed by atoms with Gasteiger partial charge in [0.2, 0.25) is 5.91 Å². The zero-order valence-corrected chi connectivity index (χ0v) is 17.7. The number of anilines is 1. The predicted octanol–water partition coefficient (Wildman–Crippen LogP) is 3.36. The van der Waals surface area contributed by atoms with Crippen LogP contribution in [0.1, 0.15) is 26.3 Å². The number of hydrogen-bond acceptors (Lipinski definition) is 5. The molecule has 1 heterocycles. The Morgan fingerprint density at radius 1 is 1.03 bits per heavy atom. The van der Waals surface area contributed by atoms with Gasteiger partial charge in [0.1, 0.15) is 5.75 Å². The van der Waals surface area contributed by atoms with E-state index in [-0.39, 0.29) is 24.3 Å². The maximum atomic E-state index is 13.3. The molecule has 0 aliphatic carbocycles. The lowest BCUT2D eigenvalue weighted by Crippen LogP contribution is -2.39. The van der Waals surface area contributed by atoms with E-state index in [1.807, 2.05) is 36.4 Å². The molecule has 0 saturated carbocycles. The van der Waals surface area contributed by atoms with Gasteiger partial charge in [-0.05, 0) is 23.8 Å². The summed E-state index contributed by atoms with van der Waals surface area (Å²) in [6.07, 6.45) is 1.21. The van der Waals surface area contributed by atoms with E-state index in [4.69, 9.17) is 4.74 Å². The highest BCUT2D eigenvalue weighted by atomic mass is 16.5. The number of carbonyl (C=O) groups excluding carboxylic acids is 3. The van der Waals surface area contributed by atoms with Gasteiger partial charge in [-0.15, -0.1) is 0 Å². The Labute approximate surface area is 185 Å². The van der Waals surface area contributed by atoms with Crippen LogP contribution < -0.4 is 15.4 Å². The maximum absolute atomic E-state index is 13.3. The molecule has 0 bridgehead atoms. The molecule has 1 aliphatic rings. The maximum Gasteiger partial charge on any atom is 0.261 e. The molecular formula is C25H23N3O4. The van der Waals surface area contributed by atoms with Crippen molar-refractivity contribution in [2.45, 2.75) is 6.54 Å². The van der Waals surface area contributed by atoms with Crippen molar-refractivity contribution in [3.8, 4) is 5.75 Å². The smallest absolute Gasteiger partial charge is 0.261 e. The molecule has 162 valence electrons. The minimum Gasteiger partial charge on any atom is -0.495 e. The number of rotatable bonds is 8. The number of amides is 3. The second-order valence-electron chi connectivity index (χ2n) is 7.33. The molecule has 1 aliphatic heterocycles. The van der Waals surface area contributed by atoms with Crippen LogP contribution in [0.15, 0.2) is 67.3 Å². The van der Waals surface area contributed by atoms with Gasteiger partial charge < -0.3 is 15.4 Å². The van der Waals surface area contributed by atoms with Crippen LogP contribution in [-0.2, 0) is 11.3 Å². The third kappa shape index (κ3) is 3.80. The third-order valence-corrected chi connectivity index (χ3v) is 5.39. The standard InChI is InChI=1S/C25H23N3O4/c1-3-21(29)26-12-13-27-23-17-10-7-11-18-22(17)19(14-20(23)32-2)25(31)28(24(18)30)15-16-8-5-4-6-9-16/h3-11,14,27H,1,12-13,15H2,2H3,(H,26,29). The van der Waals surface area contributed by atoms with Crippen LogP contribution in [0.2, 0.25) is 0 Å². The van der Waals surface area contributed by atoms with Crippen molar-refractivity contribution < 1.29 is 19.1 Å². The van der Waals surface area contributed by atoms with E-state index in [1.165, 1.54) is 18.1 Å². The fourth-order valence-corrected chi connectivity index (χ4v) is 3.89. The summed E-state index contributed by atoms with van der Waals surface area (Å²) in [5.74, 6) is -0.454. The number of benzene rings is 3. The Kier molecular flexibility index (Phi) is 5.89. The highest BCUT2D eigenvalue weighted by Gasteiger charge is 2.34. The average Bonchev–Trinajstić information content (AvgIpc) is 2.83. The SMILES string of the molecule is C=CC(=O)NCCNc1c(OC)cc2c3c(cccc13)C(=O)N(Cc1ccccc1)C2=O. The lowest BCUT2D eigenvalue weighted by Gasteiger charge is -2.28. The second-order valence-corrected chi connectivity index (χ2v) is 7.33. The summed E-state index contributed by atoms with van der Waals surface area (Å²) in [6, 6.07) is 16.5. The second kappa shape index (κ2) is 8.93. The fourth-order valence-electron chi connectivity index (χ4n) is 3.89. The lowest BCUT2D eigenvalue weighted by atomic mass is 9.92. The number of carbonyl (C=O) groups is 3. The summed E-state index contributed by atoms with van der Waals surface area (Å²) in [6.45, 7) is 4.42. The Bertz CT molecular complexity index is 1220. The number of nitrogens with one attached hydrogen (secondary N) is 2. The zero-order valence-electron chi connectivity index (χ0n) is 17.7. The highest BCUT2D eigenvalue weighted by Crippen LogP contribution is 2.40. The molecule has 0 saturated heterocycles. The Morgan fingerprint density at radius 2 is 1.78 bits per heavy atom. The molecule has 7 nitrogen and oxygen atoms in total. The van der Waals surface area contributed by atoms with E-state index in [9.17, 15) is 14.4 Å². The van der Waals surface area contributed by atoms with E-state index in [0.29, 0.717) is 46.4 Å². The molecule has 0 radical (unpaired) electrons. The van der Waals surface area contributed by atoms with E-state index in [0.717, 1.165) is 5.56 Å². The summed E-state index contributed by atoms with van der Waals surface area (Å²) in [5, 5.41) is 7.28. The summed E-state index contributed by atoms with van der Waals surface area (Å²) in [4.78, 5) is 39.2. The number of imide groups is 1. The van der Waals surface area contributed by atoms with Crippen molar-refractivity contribution in [2.24, 2.45) is 0 Å². The van der Waals surface area contributed by atoms with Gasteiger partial charge in [0, 0.05) is 29.4 Å². The number of nitrogens with zero attached hydrogens (tertiary/aromatic N) is 1. The molecule has 0 unspecified atom stereocenters. The molecular weight excluding hydrogens is 406 g/mol. The Balaban J connectivity index is 1.72. The van der Waals surface area contributed by atoms with Crippen molar-refractivity contribution in [2.75, 3.05) is 25.5 Å². The molecule has 3 amide bonds. The number of ether oxygens (including phenoxy) is 1. The predicted molar refractivity (Wildman–Crippen MR) is 123 cm³/mol. The lowest BCUT2D eigenvalue weighted by molar-refractivity contribution is -0.116. The Morgan fingerprint density at radius 3 is 2.50 bits per heavy atom.